The van der Waals surface area contributed by atoms with Crippen LogP contribution in [0.2, 0.25) is 0 Å². The molecule has 11 heteroatoms. The highest BCUT2D eigenvalue weighted by Crippen LogP contribution is 2.30. The SMILES string of the molecule is CCOC(=O)c1cc2cc(NS(=O)(=O)c3ccc(-c4ccc(OC(F)(F)F)cc4)cc3C)ccc2o1. The molecule has 188 valence electrons. The Hall–Kier alpha value is -3.99. The molecule has 7 nitrogen and oxygen atoms in total. The van der Waals surface area contributed by atoms with Crippen molar-refractivity contribution in [1.82, 2.24) is 0 Å². The number of nitrogens with one attached hydrogen (secondary N) is 1. The van der Waals surface area contributed by atoms with E-state index in [2.05, 4.69) is 9.46 Å². The molecule has 1 heterocycles. The van der Waals surface area contributed by atoms with Gasteiger partial charge in [0.2, 0.25) is 5.76 Å². The molecule has 0 aliphatic heterocycles. The second-order valence-electron chi connectivity index (χ2n) is 7.74. The Morgan fingerprint density at radius 1 is 0.972 bits per heavy atom. The lowest BCUT2D eigenvalue weighted by molar-refractivity contribution is -0.274. The number of sulfonamides is 1. The lowest BCUT2D eigenvalue weighted by atomic mass is 10.0. The Bertz CT molecular complexity index is 1530. The summed E-state index contributed by atoms with van der Waals surface area (Å²) in [5.41, 5.74) is 2.31. The molecule has 4 aromatic rings. The normalized spacial score (nSPS) is 11.9. The van der Waals surface area contributed by atoms with Gasteiger partial charge in [0.1, 0.15) is 11.3 Å². The Balaban J connectivity index is 1.55. The molecule has 3 aromatic carbocycles. The number of carbonyl (C=O) groups is 1. The van der Waals surface area contributed by atoms with Crippen LogP contribution in [0.25, 0.3) is 22.1 Å². The molecule has 0 amide bonds. The fourth-order valence-electron chi connectivity index (χ4n) is 3.60. The molecular formula is C25H20F3NO6S. The van der Waals surface area contributed by atoms with Crippen LogP contribution in [0, 0.1) is 6.92 Å². The van der Waals surface area contributed by atoms with Crippen molar-refractivity contribution in [1.29, 1.82) is 0 Å². The summed E-state index contributed by atoms with van der Waals surface area (Å²) >= 11 is 0. The summed E-state index contributed by atoms with van der Waals surface area (Å²) in [6, 6.07) is 15.9. The largest absolute Gasteiger partial charge is 0.573 e. The Labute approximate surface area is 204 Å². The fraction of sp³-hybridized carbons (Fsp3) is 0.160. The third-order valence-electron chi connectivity index (χ3n) is 5.13. The summed E-state index contributed by atoms with van der Waals surface area (Å²) in [5, 5.41) is 0.517. The molecule has 0 fully saturated rings. The minimum atomic E-state index is -4.79. The van der Waals surface area contributed by atoms with Crippen LogP contribution in [-0.2, 0) is 14.8 Å². The average molecular weight is 519 g/mol. The molecule has 0 aliphatic rings. The molecule has 1 N–H and O–H groups in total. The number of hydrogen-bond donors (Lipinski definition) is 1. The van der Waals surface area contributed by atoms with Crippen molar-refractivity contribution >= 4 is 32.6 Å². The fourth-order valence-corrected chi connectivity index (χ4v) is 4.88. The average Bonchev–Trinajstić information content (AvgIpc) is 3.22. The smallest absolute Gasteiger partial charge is 0.460 e. The lowest BCUT2D eigenvalue weighted by Gasteiger charge is -2.13. The number of halogens is 3. The van der Waals surface area contributed by atoms with E-state index in [0.29, 0.717) is 27.7 Å². The second kappa shape index (κ2) is 9.57. The molecule has 36 heavy (non-hydrogen) atoms. The maximum atomic E-state index is 13.1. The Morgan fingerprint density at radius 3 is 2.31 bits per heavy atom. The first-order valence-electron chi connectivity index (χ1n) is 10.7. The van der Waals surface area contributed by atoms with E-state index in [0.717, 1.165) is 0 Å². The van der Waals surface area contributed by atoms with Crippen LogP contribution in [-0.4, -0.2) is 27.4 Å². The van der Waals surface area contributed by atoms with E-state index in [4.69, 9.17) is 9.15 Å². The van der Waals surface area contributed by atoms with Crippen LogP contribution in [0.5, 0.6) is 5.75 Å². The van der Waals surface area contributed by atoms with Crippen LogP contribution < -0.4 is 9.46 Å². The van der Waals surface area contributed by atoms with Gasteiger partial charge in [-0.1, -0.05) is 24.3 Å². The van der Waals surface area contributed by atoms with Crippen molar-refractivity contribution in [3.05, 3.63) is 78.1 Å². The number of alkyl halides is 3. The van der Waals surface area contributed by atoms with Gasteiger partial charge in [0.25, 0.3) is 10.0 Å². The highest BCUT2D eigenvalue weighted by atomic mass is 32.2. The maximum absolute atomic E-state index is 13.1. The number of ether oxygens (including phenoxy) is 2. The summed E-state index contributed by atoms with van der Waals surface area (Å²) in [7, 11) is -3.97. The number of anilines is 1. The molecule has 0 spiro atoms. The molecule has 0 atom stereocenters. The summed E-state index contributed by atoms with van der Waals surface area (Å²) in [6.07, 6.45) is -4.79. The number of carbonyl (C=O) groups excluding carboxylic acids is 1. The molecule has 0 radical (unpaired) electrons. The van der Waals surface area contributed by atoms with Crippen molar-refractivity contribution in [2.75, 3.05) is 11.3 Å². The summed E-state index contributed by atoms with van der Waals surface area (Å²) in [5.74, 6) is -0.958. The lowest BCUT2D eigenvalue weighted by Crippen LogP contribution is -2.16. The predicted octanol–water partition coefficient (Wildman–Crippen LogP) is 6.28. The van der Waals surface area contributed by atoms with E-state index in [9.17, 15) is 26.4 Å². The van der Waals surface area contributed by atoms with Crippen molar-refractivity contribution in [3.8, 4) is 16.9 Å². The van der Waals surface area contributed by atoms with Crippen molar-refractivity contribution in [2.45, 2.75) is 25.1 Å². The number of rotatable bonds is 7. The molecule has 1 aromatic heterocycles. The molecular weight excluding hydrogens is 499 g/mol. The van der Waals surface area contributed by atoms with Crippen LogP contribution in [0.15, 0.2) is 76.0 Å². The number of furan rings is 1. The first kappa shape index (κ1) is 25.1. The van der Waals surface area contributed by atoms with Crippen LogP contribution in [0.3, 0.4) is 0 Å². The third kappa shape index (κ3) is 5.62. The van der Waals surface area contributed by atoms with E-state index in [1.54, 1.807) is 26.0 Å². The highest BCUT2D eigenvalue weighted by molar-refractivity contribution is 7.92. The van der Waals surface area contributed by atoms with Gasteiger partial charge in [0.15, 0.2) is 0 Å². The quantitative estimate of drug-likeness (QED) is 0.289. The first-order chi connectivity index (χ1) is 16.9. The molecule has 0 saturated heterocycles. The van der Waals surface area contributed by atoms with Gasteiger partial charge < -0.3 is 13.9 Å². The highest BCUT2D eigenvalue weighted by Gasteiger charge is 2.31. The molecule has 0 aliphatic carbocycles. The van der Waals surface area contributed by atoms with Gasteiger partial charge in [0, 0.05) is 11.1 Å². The van der Waals surface area contributed by atoms with Crippen molar-refractivity contribution < 1.29 is 40.3 Å². The van der Waals surface area contributed by atoms with Gasteiger partial charge in [-0.3, -0.25) is 4.72 Å². The summed E-state index contributed by atoms with van der Waals surface area (Å²) in [4.78, 5) is 11.9. The van der Waals surface area contributed by atoms with Gasteiger partial charge in [-0.15, -0.1) is 13.2 Å². The zero-order chi connectivity index (χ0) is 26.1. The van der Waals surface area contributed by atoms with Crippen LogP contribution in [0.4, 0.5) is 18.9 Å². The maximum Gasteiger partial charge on any atom is 0.573 e. The number of aryl methyl sites for hydroxylation is 1. The van der Waals surface area contributed by atoms with Gasteiger partial charge in [-0.25, -0.2) is 13.2 Å². The predicted molar refractivity (Wildman–Crippen MR) is 126 cm³/mol. The van der Waals surface area contributed by atoms with Crippen molar-refractivity contribution in [3.63, 3.8) is 0 Å². The first-order valence-corrected chi connectivity index (χ1v) is 12.1. The van der Waals surface area contributed by atoms with E-state index in [-0.39, 0.29) is 28.7 Å². The molecule has 4 rings (SSSR count). The van der Waals surface area contributed by atoms with E-state index in [1.165, 1.54) is 54.6 Å². The minimum Gasteiger partial charge on any atom is -0.460 e. The van der Waals surface area contributed by atoms with Gasteiger partial charge in [-0.05, 0) is 73.0 Å². The summed E-state index contributed by atoms with van der Waals surface area (Å²) in [6.45, 7) is 3.48. The number of hydrogen-bond acceptors (Lipinski definition) is 6. The van der Waals surface area contributed by atoms with E-state index < -0.39 is 22.4 Å². The standard InChI is InChI=1S/C25H20F3NO6S/c1-3-33-24(30)22-14-18-13-19(7-10-21(18)34-22)29-36(31,32)23-11-6-17(12-15(23)2)16-4-8-20(9-5-16)35-25(26,27)28/h4-14,29H,3H2,1-2H3. The van der Waals surface area contributed by atoms with Crippen LogP contribution >= 0.6 is 0 Å². The molecule has 0 saturated carbocycles. The van der Waals surface area contributed by atoms with Crippen molar-refractivity contribution in [2.24, 2.45) is 0 Å². The number of esters is 1. The number of fused-ring (bicyclic) bond motifs is 1. The zero-order valence-corrected chi connectivity index (χ0v) is 19.9. The van der Waals surface area contributed by atoms with Crippen LogP contribution in [0.1, 0.15) is 23.0 Å². The summed E-state index contributed by atoms with van der Waals surface area (Å²) < 4.78 is 79.9. The van der Waals surface area contributed by atoms with Gasteiger partial charge in [0.05, 0.1) is 11.5 Å². The molecule has 0 bridgehead atoms. The minimum absolute atomic E-state index is 0.0105. The zero-order valence-electron chi connectivity index (χ0n) is 19.0. The topological polar surface area (TPSA) is 94.8 Å². The Morgan fingerprint density at radius 2 is 1.67 bits per heavy atom. The number of benzene rings is 3. The van der Waals surface area contributed by atoms with Gasteiger partial charge in [-0.2, -0.15) is 0 Å². The molecule has 0 unspecified atom stereocenters. The monoisotopic (exact) mass is 519 g/mol. The van der Waals surface area contributed by atoms with E-state index >= 15 is 0 Å². The third-order valence-corrected chi connectivity index (χ3v) is 6.67. The Kier molecular flexibility index (Phi) is 6.68. The van der Waals surface area contributed by atoms with Gasteiger partial charge >= 0.3 is 12.3 Å². The second-order valence-corrected chi connectivity index (χ2v) is 9.39. The van der Waals surface area contributed by atoms with E-state index in [1.807, 2.05) is 0 Å².